The topological polar surface area (TPSA) is 290 Å². The van der Waals surface area contributed by atoms with Crippen LogP contribution in [0.25, 0.3) is 5.52 Å². The van der Waals surface area contributed by atoms with Crippen molar-refractivity contribution in [1.29, 1.82) is 0 Å². The van der Waals surface area contributed by atoms with Gasteiger partial charge in [-0.25, -0.2) is 24.2 Å². The van der Waals surface area contributed by atoms with Crippen LogP contribution in [0.3, 0.4) is 0 Å². The molecule has 3 atom stereocenters. The molecule has 0 aromatic carbocycles. The van der Waals surface area contributed by atoms with Crippen LogP contribution in [0.5, 0.6) is 11.5 Å². The van der Waals surface area contributed by atoms with Gasteiger partial charge >= 0.3 is 29.3 Å². The molecule has 3 aromatic heterocycles. The maximum Gasteiger partial charge on any atom is 0.372 e. The summed E-state index contributed by atoms with van der Waals surface area (Å²) < 4.78 is 6.90. The highest BCUT2D eigenvalue weighted by Gasteiger charge is 2.63. The number of ether oxygens (including phenoxy) is 1. The minimum atomic E-state index is -2.78. The fraction of sp³-hybridized carbons (Fsp3) is 0.407. The van der Waals surface area contributed by atoms with E-state index in [-0.39, 0.29) is 34.2 Å². The van der Waals surface area contributed by atoms with Crippen LogP contribution in [-0.2, 0) is 38.4 Å². The van der Waals surface area contributed by atoms with Gasteiger partial charge in [0.2, 0.25) is 5.60 Å². The smallest absolute Gasteiger partial charge is 0.372 e. The summed E-state index contributed by atoms with van der Waals surface area (Å²) in [7, 11) is 1.80. The molecule has 0 radical (unpaired) electrons. The number of nitrogen functional groups attached to an aromatic ring is 1. The first-order valence-corrected chi connectivity index (χ1v) is 15.3. The van der Waals surface area contributed by atoms with Crippen molar-refractivity contribution in [3.05, 3.63) is 40.0 Å². The fourth-order valence-corrected chi connectivity index (χ4v) is 6.18. The van der Waals surface area contributed by atoms with Gasteiger partial charge in [-0.1, -0.05) is 5.16 Å². The van der Waals surface area contributed by atoms with E-state index < -0.39 is 89.1 Å². The van der Waals surface area contributed by atoms with Crippen molar-refractivity contribution in [3.8, 4) is 11.5 Å². The summed E-state index contributed by atoms with van der Waals surface area (Å²) >= 11 is 0.946. The molecule has 0 saturated carbocycles. The molecule has 7 N–H and O–H groups in total. The van der Waals surface area contributed by atoms with E-state index in [9.17, 15) is 49.2 Å². The molecule has 3 aliphatic rings. The number of hydrogen-bond donors (Lipinski definition) is 6. The van der Waals surface area contributed by atoms with Crippen LogP contribution in [0.15, 0.2) is 33.8 Å². The maximum absolute atomic E-state index is 13.5. The van der Waals surface area contributed by atoms with Crippen LogP contribution in [0.1, 0.15) is 31.0 Å². The van der Waals surface area contributed by atoms with Gasteiger partial charge in [-0.05, 0) is 7.05 Å². The minimum absolute atomic E-state index is 0.0408. The number of anilines is 1. The number of hydrogen-bond acceptors (Lipinski definition) is 16. The summed E-state index contributed by atoms with van der Waals surface area (Å²) in [6.07, 6.45) is 1.30. The Hall–Kier alpha value is -5.74. The van der Waals surface area contributed by atoms with E-state index in [2.05, 4.69) is 15.5 Å². The summed E-state index contributed by atoms with van der Waals surface area (Å²) in [6.45, 7) is 0.113. The van der Waals surface area contributed by atoms with Gasteiger partial charge in [0.1, 0.15) is 24.4 Å². The number of hydroxylamine groups is 2. The van der Waals surface area contributed by atoms with Gasteiger partial charge < -0.3 is 46.0 Å². The van der Waals surface area contributed by atoms with Crippen LogP contribution in [0.4, 0.5) is 5.13 Å². The highest BCUT2D eigenvalue weighted by atomic mass is 32.1. The van der Waals surface area contributed by atoms with Crippen molar-refractivity contribution < 1.29 is 58.8 Å². The Kier molecular flexibility index (Phi) is 8.16. The van der Waals surface area contributed by atoms with Crippen molar-refractivity contribution in [1.82, 2.24) is 29.2 Å². The molecule has 260 valence electrons. The van der Waals surface area contributed by atoms with E-state index in [1.165, 1.54) is 5.38 Å². The molecule has 49 heavy (non-hydrogen) atoms. The van der Waals surface area contributed by atoms with Crippen LogP contribution in [0, 0.1) is 0 Å². The van der Waals surface area contributed by atoms with Gasteiger partial charge in [0.15, 0.2) is 22.3 Å². The second-order valence-corrected chi connectivity index (χ2v) is 12.4. The van der Waals surface area contributed by atoms with E-state index in [0.29, 0.717) is 13.1 Å². The molecule has 2 unspecified atom stereocenters. The summed E-state index contributed by atoms with van der Waals surface area (Å²) in [5.74, 6) is -7.76. The number of imidazole rings is 1. The molecular formula is C27H28N8O13S. The highest BCUT2D eigenvalue weighted by Crippen LogP contribution is 2.39. The first kappa shape index (κ1) is 33.2. The van der Waals surface area contributed by atoms with E-state index in [4.69, 9.17) is 20.1 Å². The van der Waals surface area contributed by atoms with Crippen LogP contribution in [0.2, 0.25) is 0 Å². The monoisotopic (exact) mass is 704 g/mol. The quantitative estimate of drug-likeness (QED) is 0.0801. The Bertz CT molecular complexity index is 1980. The number of nitrogens with one attached hydrogen (secondary N) is 1. The van der Waals surface area contributed by atoms with Gasteiger partial charge in [0, 0.05) is 43.6 Å². The SMILES string of the molecule is CN1CCC(O/N=C(\C(=O)N[C@H]2CON(C3(C(=O)O)CC(n4cc5cc(O)c(O)cn5c4=O)C(=O)O3)C2=O)c2csc(N)n2)(C(=O)O)CC1. The third-order valence-electron chi connectivity index (χ3n) is 8.43. The number of amides is 2. The number of carbonyl (C=O) groups is 5. The second-order valence-electron chi connectivity index (χ2n) is 11.5. The molecular weight excluding hydrogens is 676 g/mol. The van der Waals surface area contributed by atoms with Crippen LogP contribution >= 0.6 is 11.3 Å². The number of pyridine rings is 1. The molecule has 3 saturated heterocycles. The molecule has 3 fully saturated rings. The van der Waals surface area contributed by atoms with Crippen molar-refractivity contribution in [2.24, 2.45) is 5.16 Å². The normalized spacial score (nSPS) is 24.3. The number of carbonyl (C=O) groups excluding carboxylic acids is 3. The number of cyclic esters (lactones) is 1. The fourth-order valence-electron chi connectivity index (χ4n) is 5.63. The maximum atomic E-state index is 13.5. The molecule has 3 aliphatic heterocycles. The zero-order valence-electron chi connectivity index (χ0n) is 25.3. The lowest BCUT2D eigenvalue weighted by Gasteiger charge is -2.35. The largest absolute Gasteiger partial charge is 0.504 e. The molecule has 2 amide bonds. The number of thiazole rings is 1. The zero-order chi connectivity index (χ0) is 35.4. The van der Waals surface area contributed by atoms with Gasteiger partial charge in [-0.2, -0.15) is 5.06 Å². The van der Waals surface area contributed by atoms with Gasteiger partial charge in [-0.15, -0.1) is 11.3 Å². The minimum Gasteiger partial charge on any atom is -0.504 e. The van der Waals surface area contributed by atoms with Gasteiger partial charge in [0.25, 0.3) is 11.8 Å². The summed E-state index contributed by atoms with van der Waals surface area (Å²) in [4.78, 5) is 94.5. The average Bonchev–Trinajstić information content (AvgIpc) is 3.81. The molecule has 3 aromatic rings. The molecule has 6 heterocycles. The number of esters is 1. The lowest BCUT2D eigenvalue weighted by Crippen LogP contribution is -2.57. The summed E-state index contributed by atoms with van der Waals surface area (Å²) in [6, 6.07) is -2.12. The number of nitrogens with zero attached hydrogens (tertiary/aromatic N) is 6. The zero-order valence-corrected chi connectivity index (χ0v) is 26.2. The molecule has 21 nitrogen and oxygen atoms in total. The highest BCUT2D eigenvalue weighted by molar-refractivity contribution is 7.13. The van der Waals surface area contributed by atoms with Crippen LogP contribution < -0.4 is 16.7 Å². The predicted molar refractivity (Wildman–Crippen MR) is 161 cm³/mol. The van der Waals surface area contributed by atoms with E-state index in [1.807, 2.05) is 4.90 Å². The Balaban J connectivity index is 1.24. The Labute approximate surface area is 277 Å². The molecule has 0 spiro atoms. The number of likely N-dealkylation sites (tertiary alicyclic amines) is 1. The first-order chi connectivity index (χ1) is 23.2. The van der Waals surface area contributed by atoms with E-state index >= 15 is 0 Å². The third kappa shape index (κ3) is 5.63. The van der Waals surface area contributed by atoms with E-state index in [0.717, 1.165) is 38.8 Å². The molecule has 6 rings (SSSR count). The summed E-state index contributed by atoms with van der Waals surface area (Å²) in [5, 5.41) is 47.5. The number of oxime groups is 1. The standard InChI is InChI=1S/C27H28N8O13S/c1-32-4-2-26(3-5-32,22(41)42)48-31-18(14-11-49-24(28)30-14)19(38)29-13-10-46-35(20(13)39)27(23(43)44)7-15(21(40)47-27)34-8-12-6-16(36)17(37)9-33(12)25(34)45/h6,8-9,11,13,15,36-37H,2-5,7,10H2,1H3,(H2,28,30)(H,29,38)(H,41,42)(H,43,44)/b31-18-/t13-,15?,27?/m0/s1. The number of carboxylic acids is 2. The average molecular weight is 705 g/mol. The third-order valence-corrected chi connectivity index (χ3v) is 9.11. The van der Waals surface area contributed by atoms with Crippen molar-refractivity contribution >= 4 is 57.4 Å². The lowest BCUT2D eigenvalue weighted by molar-refractivity contribution is -0.256. The number of aliphatic carboxylic acids is 2. The molecule has 0 bridgehead atoms. The predicted octanol–water partition coefficient (Wildman–Crippen LogP) is -1.95. The Morgan fingerprint density at radius 2 is 1.84 bits per heavy atom. The number of aromatic nitrogens is 3. The van der Waals surface area contributed by atoms with Crippen molar-refractivity contribution in [2.45, 2.75) is 42.7 Å². The van der Waals surface area contributed by atoms with E-state index in [1.54, 1.807) is 7.05 Å². The van der Waals surface area contributed by atoms with Gasteiger partial charge in [0.05, 0.1) is 18.1 Å². The number of fused-ring (bicyclic) bond motifs is 1. The second kappa shape index (κ2) is 12.1. The summed E-state index contributed by atoms with van der Waals surface area (Å²) in [5.41, 5.74) is -0.282. The number of aromatic hydroxyl groups is 2. The van der Waals surface area contributed by atoms with Crippen molar-refractivity contribution in [2.75, 3.05) is 32.5 Å². The molecule has 0 aliphatic carbocycles. The molecule has 22 heteroatoms. The number of rotatable bonds is 9. The van der Waals surface area contributed by atoms with Crippen molar-refractivity contribution in [3.63, 3.8) is 0 Å². The Morgan fingerprint density at radius 3 is 2.47 bits per heavy atom. The lowest BCUT2D eigenvalue weighted by atomic mass is 9.92. The first-order valence-electron chi connectivity index (χ1n) is 14.4. The number of piperidine rings is 1. The Morgan fingerprint density at radius 1 is 1.12 bits per heavy atom. The number of nitrogens with two attached hydrogens (primary N) is 1. The van der Waals surface area contributed by atoms with Crippen LogP contribution in [-0.4, -0.2) is 124 Å². The van der Waals surface area contributed by atoms with Gasteiger partial charge in [-0.3, -0.25) is 23.4 Å². The number of carboxylic acid groups (broad SMARTS) is 2.